The zero-order valence-corrected chi connectivity index (χ0v) is 30.7. The van der Waals surface area contributed by atoms with Gasteiger partial charge in [0.2, 0.25) is 11.9 Å². The van der Waals surface area contributed by atoms with Crippen LogP contribution in [0.2, 0.25) is 0 Å². The lowest BCUT2D eigenvalue weighted by atomic mass is 9.72. The van der Waals surface area contributed by atoms with Gasteiger partial charge in [0.15, 0.2) is 12.4 Å². The first-order chi connectivity index (χ1) is 25.4. The van der Waals surface area contributed by atoms with E-state index >= 15 is 0 Å². The van der Waals surface area contributed by atoms with Crippen molar-refractivity contribution >= 4 is 39.5 Å². The van der Waals surface area contributed by atoms with Crippen molar-refractivity contribution in [1.29, 1.82) is 0 Å². The highest BCUT2D eigenvalue weighted by Crippen LogP contribution is 2.54. The van der Waals surface area contributed by atoms with Crippen LogP contribution in [0.5, 0.6) is 5.75 Å². The standard InChI is InChI=1S/C40H47F3N8O2/c1-5-32(52)51-20-39(21-51)9-12-48(13-10-39)37-29-15-28(26-6-7-26)34(33-25(4)24(3)14-31-30(33)16-44-47-31)36(53-22-40(41,42)43)35(29)45-38(46-37)50-18-27(19-50)49-11-8-23(2)17-49/h5,14-16,23,26-27H,1,6-13,17-22H2,2-4H3,(H,44,47)/t23-/m1/s1. The molecule has 4 saturated heterocycles. The molecule has 4 aromatic rings. The van der Waals surface area contributed by atoms with Crippen LogP contribution < -0.4 is 14.5 Å². The van der Waals surface area contributed by atoms with Crippen LogP contribution in [-0.2, 0) is 4.79 Å². The van der Waals surface area contributed by atoms with Crippen LogP contribution in [-0.4, -0.2) is 107 Å². The molecule has 9 rings (SSSR count). The van der Waals surface area contributed by atoms with E-state index in [0.29, 0.717) is 42.1 Å². The molecule has 2 aromatic carbocycles. The second kappa shape index (κ2) is 12.6. The first-order valence-corrected chi connectivity index (χ1v) is 19.1. The summed E-state index contributed by atoms with van der Waals surface area (Å²) in [6.07, 6.45) is 3.45. The van der Waals surface area contributed by atoms with Crippen molar-refractivity contribution in [2.75, 3.05) is 68.8 Å². The number of piperidine rings is 1. The molecule has 4 aliphatic heterocycles. The molecule has 5 aliphatic rings. The molecule has 1 amide bonds. The number of likely N-dealkylation sites (tertiary alicyclic amines) is 2. The van der Waals surface area contributed by atoms with Gasteiger partial charge in [-0.2, -0.15) is 23.3 Å². The summed E-state index contributed by atoms with van der Waals surface area (Å²) in [5.74, 6) is 2.26. The first kappa shape index (κ1) is 34.4. The average molecular weight is 729 g/mol. The van der Waals surface area contributed by atoms with Gasteiger partial charge in [-0.15, -0.1) is 0 Å². The minimum absolute atomic E-state index is 0.0351. The van der Waals surface area contributed by atoms with Crippen LogP contribution in [0.15, 0.2) is 31.0 Å². The van der Waals surface area contributed by atoms with E-state index in [1.54, 1.807) is 6.20 Å². The number of rotatable bonds is 8. The number of anilines is 2. The molecule has 0 radical (unpaired) electrons. The summed E-state index contributed by atoms with van der Waals surface area (Å²) < 4.78 is 48.4. The number of carbonyl (C=O) groups is 1. The fourth-order valence-corrected chi connectivity index (χ4v) is 9.24. The van der Waals surface area contributed by atoms with E-state index in [1.165, 1.54) is 12.5 Å². The summed E-state index contributed by atoms with van der Waals surface area (Å²) in [6.45, 7) is 15.1. The van der Waals surface area contributed by atoms with Gasteiger partial charge in [0.05, 0.1) is 11.7 Å². The number of carbonyl (C=O) groups excluding carboxylic acids is 1. The molecule has 280 valence electrons. The number of halogens is 3. The summed E-state index contributed by atoms with van der Waals surface area (Å²) in [4.78, 5) is 31.5. The number of nitrogens with one attached hydrogen (secondary N) is 1. The molecule has 1 aliphatic carbocycles. The topological polar surface area (TPSA) is 93.7 Å². The van der Waals surface area contributed by atoms with Crippen LogP contribution in [0.1, 0.15) is 61.6 Å². The summed E-state index contributed by atoms with van der Waals surface area (Å²) >= 11 is 0. The third-order valence-corrected chi connectivity index (χ3v) is 12.6. The zero-order valence-electron chi connectivity index (χ0n) is 30.7. The molecule has 0 unspecified atom stereocenters. The summed E-state index contributed by atoms with van der Waals surface area (Å²) in [7, 11) is 0. The highest BCUT2D eigenvalue weighted by molar-refractivity contribution is 6.06. The predicted octanol–water partition coefficient (Wildman–Crippen LogP) is 6.75. The normalized spacial score (nSPS) is 22.2. The minimum atomic E-state index is -4.55. The van der Waals surface area contributed by atoms with Crippen molar-refractivity contribution < 1.29 is 22.7 Å². The maximum Gasteiger partial charge on any atom is 0.422 e. The maximum absolute atomic E-state index is 14.1. The number of amides is 1. The number of ether oxygens (including phenoxy) is 1. The summed E-state index contributed by atoms with van der Waals surface area (Å²) in [5.41, 5.74) is 5.78. The Balaban J connectivity index is 1.20. The van der Waals surface area contributed by atoms with Gasteiger partial charge in [0, 0.05) is 73.6 Å². The summed E-state index contributed by atoms with van der Waals surface area (Å²) in [6, 6.07) is 4.58. The van der Waals surface area contributed by atoms with Gasteiger partial charge in [0.1, 0.15) is 11.3 Å². The first-order valence-electron chi connectivity index (χ1n) is 19.1. The molecular weight excluding hydrogens is 681 g/mol. The van der Waals surface area contributed by atoms with Gasteiger partial charge in [-0.05, 0) is 105 Å². The van der Waals surface area contributed by atoms with E-state index in [-0.39, 0.29) is 23.0 Å². The molecule has 1 saturated carbocycles. The molecule has 13 heteroatoms. The van der Waals surface area contributed by atoms with Gasteiger partial charge in [-0.1, -0.05) is 13.5 Å². The van der Waals surface area contributed by atoms with Gasteiger partial charge < -0.3 is 19.4 Å². The number of alkyl halides is 3. The highest BCUT2D eigenvalue weighted by Gasteiger charge is 2.47. The Morgan fingerprint density at radius 2 is 1.77 bits per heavy atom. The number of aromatic amines is 1. The number of aryl methyl sites for hydroxylation is 1. The number of nitrogens with zero attached hydrogens (tertiary/aromatic N) is 7. The minimum Gasteiger partial charge on any atom is -0.481 e. The fraction of sp³-hybridized carbons (Fsp3) is 0.550. The lowest BCUT2D eigenvalue weighted by Gasteiger charge is -2.54. The number of hydrogen-bond acceptors (Lipinski definition) is 8. The van der Waals surface area contributed by atoms with Gasteiger partial charge in [-0.3, -0.25) is 14.8 Å². The Bertz CT molecular complexity index is 2100. The number of aromatic nitrogens is 4. The van der Waals surface area contributed by atoms with Crippen LogP contribution in [0.4, 0.5) is 24.9 Å². The molecule has 0 bridgehead atoms. The second-order valence-corrected chi connectivity index (χ2v) is 16.4. The average Bonchev–Trinajstić information content (AvgIpc) is 3.70. The Kier molecular flexibility index (Phi) is 8.17. The van der Waals surface area contributed by atoms with E-state index in [9.17, 15) is 18.0 Å². The Labute approximate surface area is 307 Å². The van der Waals surface area contributed by atoms with Gasteiger partial charge >= 0.3 is 6.18 Å². The van der Waals surface area contributed by atoms with E-state index in [0.717, 1.165) is 109 Å². The van der Waals surface area contributed by atoms with Crippen LogP contribution >= 0.6 is 0 Å². The largest absolute Gasteiger partial charge is 0.481 e. The quantitative estimate of drug-likeness (QED) is 0.199. The third-order valence-electron chi connectivity index (χ3n) is 12.6. The second-order valence-electron chi connectivity index (χ2n) is 16.4. The molecule has 53 heavy (non-hydrogen) atoms. The number of fused-ring (bicyclic) bond motifs is 2. The molecule has 10 nitrogen and oxygen atoms in total. The highest BCUT2D eigenvalue weighted by atomic mass is 19.4. The van der Waals surface area contributed by atoms with Crippen molar-refractivity contribution in [2.24, 2.45) is 11.3 Å². The molecule has 1 atom stereocenters. The molecule has 1 spiro atoms. The van der Waals surface area contributed by atoms with Crippen molar-refractivity contribution in [2.45, 2.75) is 71.0 Å². The molecule has 5 fully saturated rings. The number of H-pyrrole nitrogens is 1. The van der Waals surface area contributed by atoms with Crippen LogP contribution in [0.3, 0.4) is 0 Å². The molecule has 1 N–H and O–H groups in total. The Morgan fingerprint density at radius 3 is 2.43 bits per heavy atom. The van der Waals surface area contributed by atoms with Crippen LogP contribution in [0.25, 0.3) is 32.9 Å². The Hall–Kier alpha value is -4.39. The third kappa shape index (κ3) is 6.08. The predicted molar refractivity (Wildman–Crippen MR) is 200 cm³/mol. The SMILES string of the molecule is C=CC(=O)N1CC2(CCN(c3nc(N4CC(N5CC[C@@H](C)C5)C4)nc4c(OCC(F)(F)F)c(-c5c(C)c(C)cc6[nH]ncc56)c(C5CC5)cc34)CC2)C1. The van der Waals surface area contributed by atoms with Crippen LogP contribution in [0, 0.1) is 25.2 Å². The Morgan fingerprint density at radius 1 is 1.02 bits per heavy atom. The van der Waals surface area contributed by atoms with Crippen molar-refractivity contribution in [3.8, 4) is 16.9 Å². The monoisotopic (exact) mass is 728 g/mol. The smallest absolute Gasteiger partial charge is 0.422 e. The molecule has 2 aromatic heterocycles. The van der Waals surface area contributed by atoms with E-state index < -0.39 is 12.8 Å². The van der Waals surface area contributed by atoms with E-state index in [4.69, 9.17) is 14.7 Å². The van der Waals surface area contributed by atoms with Crippen molar-refractivity contribution in [3.63, 3.8) is 0 Å². The summed E-state index contributed by atoms with van der Waals surface area (Å²) in [5, 5.41) is 8.99. The zero-order chi connectivity index (χ0) is 36.8. The number of hydrogen-bond donors (Lipinski definition) is 1. The van der Waals surface area contributed by atoms with E-state index in [1.807, 2.05) is 24.8 Å². The number of benzene rings is 2. The maximum atomic E-state index is 14.1. The van der Waals surface area contributed by atoms with Gasteiger partial charge in [0.25, 0.3) is 0 Å². The van der Waals surface area contributed by atoms with Gasteiger partial charge in [-0.25, -0.2) is 4.98 Å². The lowest BCUT2D eigenvalue weighted by Crippen LogP contribution is -2.61. The van der Waals surface area contributed by atoms with E-state index in [2.05, 4.69) is 44.5 Å². The van der Waals surface area contributed by atoms with Crippen molar-refractivity contribution in [1.82, 2.24) is 30.0 Å². The lowest BCUT2D eigenvalue weighted by molar-refractivity contribution is -0.153. The molecular formula is C40H47F3N8O2. The van der Waals surface area contributed by atoms with Crippen molar-refractivity contribution in [3.05, 3.63) is 47.7 Å². The molecule has 6 heterocycles. The fourth-order valence-electron chi connectivity index (χ4n) is 9.24.